The number of nitrogens with zero attached hydrogens (tertiary/aromatic N) is 3. The molecule has 0 radical (unpaired) electrons. The number of carbonyl (C=O) groups is 4. The lowest BCUT2D eigenvalue weighted by molar-refractivity contribution is -0.177. The molecule has 0 atom stereocenters. The number of hydroxylamine groups is 2. The van der Waals surface area contributed by atoms with Gasteiger partial charge in [-0.25, -0.2) is 19.8 Å². The molecular weight excluding hydrogens is 480 g/mol. The van der Waals surface area contributed by atoms with Gasteiger partial charge in [0.15, 0.2) is 0 Å². The summed E-state index contributed by atoms with van der Waals surface area (Å²) in [5, 5.41) is 4.85. The van der Waals surface area contributed by atoms with E-state index in [0.717, 1.165) is 5.06 Å². The minimum absolute atomic E-state index is 0.136. The number of likely N-dealkylation sites (tertiary alicyclic amines) is 1. The lowest BCUT2D eigenvalue weighted by Crippen LogP contribution is -2.48. The van der Waals surface area contributed by atoms with E-state index in [0.29, 0.717) is 37.1 Å². The topological polar surface area (TPSA) is 127 Å². The van der Waals surface area contributed by atoms with E-state index in [1.807, 2.05) is 20.8 Å². The first-order chi connectivity index (χ1) is 17.1. The maximum absolute atomic E-state index is 13.0. The van der Waals surface area contributed by atoms with Crippen LogP contribution in [0, 0.1) is 5.41 Å². The molecule has 2 saturated heterocycles. The van der Waals surface area contributed by atoms with Crippen LogP contribution < -0.4 is 5.43 Å². The van der Waals surface area contributed by atoms with Crippen LogP contribution in [-0.2, 0) is 19.1 Å². The highest BCUT2D eigenvalue weighted by molar-refractivity contribution is 5.95. The average Bonchev–Trinajstić information content (AvgIpc) is 3.05. The van der Waals surface area contributed by atoms with E-state index in [4.69, 9.17) is 14.3 Å². The van der Waals surface area contributed by atoms with Crippen LogP contribution in [0.3, 0.4) is 0 Å². The summed E-state index contributed by atoms with van der Waals surface area (Å²) in [4.78, 5) is 56.0. The van der Waals surface area contributed by atoms with E-state index in [-0.39, 0.29) is 24.3 Å². The smallest absolute Gasteiger partial charge is 0.443 e. The van der Waals surface area contributed by atoms with Crippen LogP contribution in [0.5, 0.6) is 0 Å². The van der Waals surface area contributed by atoms with E-state index < -0.39 is 29.4 Å². The van der Waals surface area contributed by atoms with Crippen LogP contribution in [0.2, 0.25) is 0 Å². The van der Waals surface area contributed by atoms with Gasteiger partial charge in [0, 0.05) is 31.5 Å². The van der Waals surface area contributed by atoms with Crippen LogP contribution in [0.25, 0.3) is 0 Å². The van der Waals surface area contributed by atoms with Crippen molar-refractivity contribution in [1.82, 2.24) is 15.4 Å². The molecule has 37 heavy (non-hydrogen) atoms. The number of hydrogen-bond acceptors (Lipinski definition) is 8. The lowest BCUT2D eigenvalue weighted by Gasteiger charge is -2.37. The van der Waals surface area contributed by atoms with Crippen LogP contribution >= 0.6 is 0 Å². The summed E-state index contributed by atoms with van der Waals surface area (Å²) in [7, 11) is 0. The Hall–Kier alpha value is -3.63. The zero-order valence-electron chi connectivity index (χ0n) is 22.3. The Kier molecular flexibility index (Phi) is 8.14. The highest BCUT2D eigenvalue weighted by Crippen LogP contribution is 2.34. The number of rotatable bonds is 5. The molecule has 1 aromatic carbocycles. The second kappa shape index (κ2) is 10.8. The third-order valence-electron chi connectivity index (χ3n) is 5.71. The number of benzene rings is 1. The molecule has 1 aromatic rings. The Morgan fingerprint density at radius 3 is 2.27 bits per heavy atom. The van der Waals surface area contributed by atoms with Crippen LogP contribution in [0.15, 0.2) is 29.4 Å². The molecule has 0 aliphatic carbocycles. The number of carbonyl (C=O) groups excluding carboxylic acids is 4. The second-order valence-corrected chi connectivity index (χ2v) is 11.6. The van der Waals surface area contributed by atoms with Crippen LogP contribution in [-0.4, -0.2) is 71.1 Å². The molecule has 2 heterocycles. The number of hydrazone groups is 1. The van der Waals surface area contributed by atoms with Crippen molar-refractivity contribution in [2.24, 2.45) is 10.5 Å². The maximum Gasteiger partial charge on any atom is 0.444 e. The van der Waals surface area contributed by atoms with Crippen LogP contribution in [0.1, 0.15) is 76.7 Å². The van der Waals surface area contributed by atoms with E-state index in [9.17, 15) is 19.2 Å². The lowest BCUT2D eigenvalue weighted by atomic mass is 9.91. The monoisotopic (exact) mass is 516 g/mol. The Morgan fingerprint density at radius 2 is 1.70 bits per heavy atom. The van der Waals surface area contributed by atoms with Crippen molar-refractivity contribution < 1.29 is 33.5 Å². The molecule has 2 aliphatic heterocycles. The molecule has 0 unspecified atom stereocenters. The highest BCUT2D eigenvalue weighted by atomic mass is 16.8. The zero-order chi connectivity index (χ0) is 27.4. The predicted molar refractivity (Wildman–Crippen MR) is 135 cm³/mol. The standard InChI is InChI=1S/C26H36N4O7/c1-24(2,3)15-20(31)37-30-17-26(36-23(30)34)11-13-29(14-12-26)21(32)19-9-7-18(8-10-19)16-27-28-22(33)35-25(4,5)6/h7-10,16H,11-15,17H2,1-6H3,(H,28,33)/b27-16+. The van der Waals surface area contributed by atoms with Crippen molar-refractivity contribution in [2.45, 2.75) is 72.0 Å². The van der Waals surface area contributed by atoms with Crippen LogP contribution in [0.4, 0.5) is 9.59 Å². The number of hydrogen-bond donors (Lipinski definition) is 1. The first-order valence-electron chi connectivity index (χ1n) is 12.3. The molecule has 3 amide bonds. The predicted octanol–water partition coefficient (Wildman–Crippen LogP) is 3.87. The largest absolute Gasteiger partial charge is 0.444 e. The molecule has 11 nitrogen and oxygen atoms in total. The van der Waals surface area contributed by atoms with Gasteiger partial charge in [0.2, 0.25) is 0 Å². The van der Waals surface area contributed by atoms with Gasteiger partial charge >= 0.3 is 18.2 Å². The summed E-state index contributed by atoms with van der Waals surface area (Å²) in [6.07, 6.45) is 1.18. The van der Waals surface area contributed by atoms with Gasteiger partial charge in [-0.1, -0.05) is 32.9 Å². The molecular formula is C26H36N4O7. The second-order valence-electron chi connectivity index (χ2n) is 11.6. The van der Waals surface area contributed by atoms with Crippen molar-refractivity contribution in [3.63, 3.8) is 0 Å². The van der Waals surface area contributed by atoms with Gasteiger partial charge in [0.25, 0.3) is 5.91 Å². The van der Waals surface area contributed by atoms with E-state index in [1.54, 1.807) is 49.9 Å². The van der Waals surface area contributed by atoms with Gasteiger partial charge in [0.1, 0.15) is 17.7 Å². The SMILES string of the molecule is CC(C)(C)CC(=O)ON1CC2(CCN(C(=O)c3ccc(/C=N/NC(=O)OC(C)(C)C)cc3)CC2)OC1=O. The van der Waals surface area contributed by atoms with Crippen molar-refractivity contribution in [3.05, 3.63) is 35.4 Å². The van der Waals surface area contributed by atoms with E-state index in [1.165, 1.54) is 6.21 Å². The van der Waals surface area contributed by atoms with Gasteiger partial charge in [-0.2, -0.15) is 5.10 Å². The minimum Gasteiger partial charge on any atom is -0.443 e. The van der Waals surface area contributed by atoms with E-state index >= 15 is 0 Å². The van der Waals surface area contributed by atoms with Crippen molar-refractivity contribution in [2.75, 3.05) is 19.6 Å². The highest BCUT2D eigenvalue weighted by Gasteiger charge is 2.49. The fourth-order valence-corrected chi connectivity index (χ4v) is 3.98. The quantitative estimate of drug-likeness (QED) is 0.465. The molecule has 1 spiro atoms. The molecule has 0 saturated carbocycles. The summed E-state index contributed by atoms with van der Waals surface area (Å²) in [5.74, 6) is -0.619. The molecule has 2 aliphatic rings. The third kappa shape index (κ3) is 8.19. The number of amides is 3. The Bertz CT molecular complexity index is 1050. The summed E-state index contributed by atoms with van der Waals surface area (Å²) < 4.78 is 10.7. The molecule has 202 valence electrons. The molecule has 11 heteroatoms. The Labute approximate surface area is 217 Å². The maximum atomic E-state index is 13.0. The van der Waals surface area contributed by atoms with E-state index in [2.05, 4.69) is 10.5 Å². The fourth-order valence-electron chi connectivity index (χ4n) is 3.98. The van der Waals surface area contributed by atoms with Crippen molar-refractivity contribution in [3.8, 4) is 0 Å². The van der Waals surface area contributed by atoms with Gasteiger partial charge < -0.3 is 19.2 Å². The van der Waals surface area contributed by atoms with Crippen molar-refractivity contribution >= 4 is 30.3 Å². The zero-order valence-corrected chi connectivity index (χ0v) is 22.3. The number of piperidine rings is 1. The fraction of sp³-hybridized carbons (Fsp3) is 0.577. The van der Waals surface area contributed by atoms with Gasteiger partial charge in [-0.15, -0.1) is 5.06 Å². The Morgan fingerprint density at radius 1 is 1.08 bits per heavy atom. The average molecular weight is 517 g/mol. The van der Waals surface area contributed by atoms with Gasteiger partial charge in [0.05, 0.1) is 12.6 Å². The third-order valence-corrected chi connectivity index (χ3v) is 5.71. The summed E-state index contributed by atoms with van der Waals surface area (Å²) >= 11 is 0. The number of ether oxygens (including phenoxy) is 2. The Balaban J connectivity index is 1.50. The molecule has 1 N–H and O–H groups in total. The summed E-state index contributed by atoms with van der Waals surface area (Å²) in [5.41, 5.74) is 1.84. The van der Waals surface area contributed by atoms with Gasteiger partial charge in [-0.05, 0) is 43.9 Å². The normalized spacial score (nSPS) is 17.6. The minimum atomic E-state index is -0.780. The summed E-state index contributed by atoms with van der Waals surface area (Å²) in [6, 6.07) is 6.82. The van der Waals surface area contributed by atoms with Crippen molar-refractivity contribution in [1.29, 1.82) is 0 Å². The molecule has 0 bridgehead atoms. The first-order valence-corrected chi connectivity index (χ1v) is 12.3. The first kappa shape index (κ1) is 27.9. The molecule has 0 aromatic heterocycles. The molecule has 2 fully saturated rings. The molecule has 3 rings (SSSR count). The van der Waals surface area contributed by atoms with Gasteiger partial charge in [-0.3, -0.25) is 4.79 Å². The summed E-state index contributed by atoms with van der Waals surface area (Å²) in [6.45, 7) is 12.0. The number of nitrogens with one attached hydrogen (secondary N) is 1.